The average molecular weight is 432 g/mol. The minimum Gasteiger partial charge on any atom is -0.465 e. The van der Waals surface area contributed by atoms with Crippen LogP contribution in [0.15, 0.2) is 42.5 Å². The first-order valence-electron chi connectivity index (χ1n) is 10.3. The van der Waals surface area contributed by atoms with Crippen molar-refractivity contribution in [3.8, 4) is 23.3 Å². The lowest BCUT2D eigenvalue weighted by atomic mass is 9.88. The summed E-state index contributed by atoms with van der Waals surface area (Å²) >= 11 is 0. The molecule has 8 nitrogen and oxygen atoms in total. The number of carbonyl (C=O) groups is 2. The summed E-state index contributed by atoms with van der Waals surface area (Å²) in [4.78, 5) is 24.0. The molecule has 3 N–H and O–H groups in total. The first-order valence-corrected chi connectivity index (χ1v) is 10.3. The third-order valence-corrected chi connectivity index (χ3v) is 5.74. The van der Waals surface area contributed by atoms with Gasteiger partial charge in [0.25, 0.3) is 0 Å². The van der Waals surface area contributed by atoms with E-state index in [2.05, 4.69) is 22.8 Å². The van der Waals surface area contributed by atoms with Gasteiger partial charge in [-0.05, 0) is 35.2 Å². The number of nitriles is 2. The van der Waals surface area contributed by atoms with E-state index in [0.717, 1.165) is 22.3 Å². The van der Waals surface area contributed by atoms with Crippen molar-refractivity contribution in [3.05, 3.63) is 59.2 Å². The van der Waals surface area contributed by atoms with Gasteiger partial charge < -0.3 is 20.5 Å². The van der Waals surface area contributed by atoms with Crippen molar-refractivity contribution in [2.75, 3.05) is 19.8 Å². The highest BCUT2D eigenvalue weighted by molar-refractivity contribution is 5.89. The normalized spacial score (nSPS) is 15.6. The lowest BCUT2D eigenvalue weighted by Gasteiger charge is -2.35. The highest BCUT2D eigenvalue weighted by atomic mass is 16.5. The Bertz CT molecular complexity index is 1080. The molecule has 3 rings (SSSR count). The van der Waals surface area contributed by atoms with Crippen molar-refractivity contribution in [1.82, 2.24) is 10.6 Å². The minimum absolute atomic E-state index is 0.0640. The molecule has 164 valence electrons. The number of benzene rings is 2. The quantitative estimate of drug-likeness (QED) is 0.642. The number of hydrogen-bond acceptors (Lipinski definition) is 5. The van der Waals surface area contributed by atoms with Gasteiger partial charge >= 0.3 is 6.09 Å². The van der Waals surface area contributed by atoms with Crippen molar-refractivity contribution in [2.45, 2.75) is 31.2 Å². The third-order valence-electron chi connectivity index (χ3n) is 5.74. The van der Waals surface area contributed by atoms with Crippen LogP contribution in [0.4, 0.5) is 4.79 Å². The number of hydrogen-bond donors (Lipinski definition) is 3. The number of ether oxygens (including phenoxy) is 1. The summed E-state index contributed by atoms with van der Waals surface area (Å²) < 4.78 is 5.26. The molecule has 0 bridgehead atoms. The lowest BCUT2D eigenvalue weighted by molar-refractivity contribution is -0.131. The van der Waals surface area contributed by atoms with Crippen molar-refractivity contribution in [3.63, 3.8) is 0 Å². The van der Waals surface area contributed by atoms with Gasteiger partial charge in [-0.1, -0.05) is 36.4 Å². The molecular weight excluding hydrogens is 408 g/mol. The summed E-state index contributed by atoms with van der Waals surface area (Å²) in [6.07, 6.45) is -0.797. The number of carbonyl (C=O) groups excluding carboxylic acids is 1. The number of rotatable bonds is 6. The number of nitrogens with zero attached hydrogens (tertiary/aromatic N) is 2. The lowest BCUT2D eigenvalue weighted by Crippen LogP contribution is -2.61. The van der Waals surface area contributed by atoms with Crippen LogP contribution in [0.25, 0.3) is 11.1 Å². The Kier molecular flexibility index (Phi) is 7.09. The predicted molar refractivity (Wildman–Crippen MR) is 117 cm³/mol. The van der Waals surface area contributed by atoms with E-state index in [1.165, 1.54) is 0 Å². The van der Waals surface area contributed by atoms with Gasteiger partial charge in [0, 0.05) is 32.6 Å². The Morgan fingerprint density at radius 3 is 2.34 bits per heavy atom. The van der Waals surface area contributed by atoms with Crippen LogP contribution in [0, 0.1) is 29.6 Å². The van der Waals surface area contributed by atoms with Gasteiger partial charge in [-0.25, -0.2) is 4.79 Å². The van der Waals surface area contributed by atoms with E-state index < -0.39 is 23.5 Å². The van der Waals surface area contributed by atoms with Gasteiger partial charge in [-0.3, -0.25) is 4.79 Å². The van der Waals surface area contributed by atoms with Gasteiger partial charge in [0.1, 0.15) is 5.54 Å². The summed E-state index contributed by atoms with van der Waals surface area (Å²) in [5.74, 6) is -1.04. The summed E-state index contributed by atoms with van der Waals surface area (Å²) in [6, 6.07) is 17.4. The Labute approximate surface area is 186 Å². The topological polar surface area (TPSA) is 135 Å². The molecule has 1 fully saturated rings. The summed E-state index contributed by atoms with van der Waals surface area (Å²) in [6.45, 7) is 2.52. The number of carboxylic acid groups (broad SMARTS) is 1. The molecule has 0 aliphatic carbocycles. The maximum atomic E-state index is 12.8. The molecule has 1 unspecified atom stereocenters. The zero-order valence-corrected chi connectivity index (χ0v) is 17.7. The fraction of sp³-hybridized carbons (Fsp3) is 0.333. The van der Waals surface area contributed by atoms with Crippen LogP contribution >= 0.6 is 0 Å². The molecule has 0 radical (unpaired) electrons. The van der Waals surface area contributed by atoms with E-state index in [-0.39, 0.29) is 32.6 Å². The molecule has 1 heterocycles. The van der Waals surface area contributed by atoms with Crippen molar-refractivity contribution < 1.29 is 19.4 Å². The van der Waals surface area contributed by atoms with Crippen LogP contribution in [-0.2, 0) is 9.53 Å². The van der Waals surface area contributed by atoms with Crippen molar-refractivity contribution >= 4 is 12.0 Å². The number of aryl methyl sites for hydroxylation is 1. The minimum atomic E-state index is -1.27. The third kappa shape index (κ3) is 5.05. The highest BCUT2D eigenvalue weighted by Gasteiger charge is 2.41. The van der Waals surface area contributed by atoms with Crippen LogP contribution < -0.4 is 10.6 Å². The van der Waals surface area contributed by atoms with E-state index in [0.29, 0.717) is 5.56 Å². The van der Waals surface area contributed by atoms with Gasteiger partial charge in [-0.2, -0.15) is 10.5 Å². The van der Waals surface area contributed by atoms with E-state index >= 15 is 0 Å². The standard InChI is InChI=1S/C24H24N4O4/c1-16-12-19(6-7-20(16)13-25)17-2-4-18(5-3-17)21(14-26)15-27-22(29)24(28-23(30)31)8-10-32-11-9-24/h2-7,12,21,28H,8-11,15H2,1H3,(H,27,29)(H,30,31). The van der Waals surface area contributed by atoms with Gasteiger partial charge in [0.2, 0.25) is 5.91 Å². The fourth-order valence-electron chi connectivity index (χ4n) is 3.81. The van der Waals surface area contributed by atoms with Crippen LogP contribution in [0.1, 0.15) is 35.4 Å². The van der Waals surface area contributed by atoms with E-state index in [1.807, 2.05) is 43.3 Å². The summed E-state index contributed by atoms with van der Waals surface area (Å²) in [5, 5.41) is 32.9. The average Bonchev–Trinajstić information content (AvgIpc) is 2.80. The molecule has 2 aromatic carbocycles. The molecule has 1 saturated heterocycles. The van der Waals surface area contributed by atoms with Crippen molar-refractivity contribution in [1.29, 1.82) is 10.5 Å². The Hall–Kier alpha value is -3.88. The zero-order valence-electron chi connectivity index (χ0n) is 17.7. The molecule has 1 aliphatic rings. The second kappa shape index (κ2) is 9.95. The fourth-order valence-corrected chi connectivity index (χ4v) is 3.81. The predicted octanol–water partition coefficient (Wildman–Crippen LogP) is 3.07. The molecule has 0 aromatic heterocycles. The number of nitrogens with one attached hydrogen (secondary N) is 2. The van der Waals surface area contributed by atoms with Gasteiger partial charge in [0.15, 0.2) is 0 Å². The van der Waals surface area contributed by atoms with Gasteiger partial charge in [-0.15, -0.1) is 0 Å². The maximum Gasteiger partial charge on any atom is 0.405 e. The summed E-state index contributed by atoms with van der Waals surface area (Å²) in [7, 11) is 0. The zero-order chi connectivity index (χ0) is 23.1. The molecule has 1 atom stereocenters. The molecule has 1 aliphatic heterocycles. The Balaban J connectivity index is 1.70. The van der Waals surface area contributed by atoms with E-state index in [4.69, 9.17) is 15.1 Å². The second-order valence-electron chi connectivity index (χ2n) is 7.78. The molecule has 0 saturated carbocycles. The van der Waals surface area contributed by atoms with Crippen molar-refractivity contribution in [2.24, 2.45) is 0 Å². The van der Waals surface area contributed by atoms with Crippen LogP contribution in [-0.4, -0.2) is 42.4 Å². The molecule has 32 heavy (non-hydrogen) atoms. The number of amides is 2. The summed E-state index contributed by atoms with van der Waals surface area (Å²) in [5.41, 5.74) is 2.94. The first kappa shape index (κ1) is 22.8. The van der Waals surface area contributed by atoms with E-state index in [9.17, 15) is 14.9 Å². The molecule has 0 spiro atoms. The molecule has 2 aromatic rings. The molecule has 8 heteroatoms. The van der Waals surface area contributed by atoms with Gasteiger partial charge in [0.05, 0.1) is 23.6 Å². The second-order valence-corrected chi connectivity index (χ2v) is 7.78. The molecule has 2 amide bonds. The van der Waals surface area contributed by atoms with Crippen LogP contribution in [0.2, 0.25) is 0 Å². The Morgan fingerprint density at radius 2 is 1.78 bits per heavy atom. The maximum absolute atomic E-state index is 12.8. The van der Waals surface area contributed by atoms with Crippen LogP contribution in [0.3, 0.4) is 0 Å². The monoisotopic (exact) mass is 432 g/mol. The van der Waals surface area contributed by atoms with Crippen LogP contribution in [0.5, 0.6) is 0 Å². The molecular formula is C24H24N4O4. The SMILES string of the molecule is Cc1cc(-c2ccc(C(C#N)CNC(=O)C3(NC(=O)O)CCOCC3)cc2)ccc1C#N. The smallest absolute Gasteiger partial charge is 0.405 e. The van der Waals surface area contributed by atoms with E-state index in [1.54, 1.807) is 6.07 Å². The Morgan fingerprint density at radius 1 is 1.12 bits per heavy atom. The first-order chi connectivity index (χ1) is 15.4. The highest BCUT2D eigenvalue weighted by Crippen LogP contribution is 2.25. The largest absolute Gasteiger partial charge is 0.465 e.